The lowest BCUT2D eigenvalue weighted by Crippen LogP contribution is -2.20. The average molecular weight is 415 g/mol. The Bertz CT molecular complexity index is 975. The second-order valence-electron chi connectivity index (χ2n) is 6.64. The molecule has 1 unspecified atom stereocenters. The predicted octanol–water partition coefficient (Wildman–Crippen LogP) is 4.66. The molecule has 3 aromatic rings. The van der Waals surface area contributed by atoms with Crippen molar-refractivity contribution in [2.45, 2.75) is 32.2 Å². The quantitative estimate of drug-likeness (QED) is 0.488. The van der Waals surface area contributed by atoms with Crippen molar-refractivity contribution >= 4 is 17.6 Å². The van der Waals surface area contributed by atoms with Crippen LogP contribution in [-0.4, -0.2) is 27.2 Å². The number of aromatic nitrogens is 2. The number of hydrogen-bond acceptors (Lipinski definition) is 4. The van der Waals surface area contributed by atoms with Crippen molar-refractivity contribution in [2.24, 2.45) is 0 Å². The number of benzene rings is 1. The topological polar surface area (TPSA) is 77.5 Å². The molecule has 152 valence electrons. The first kappa shape index (κ1) is 20.7. The van der Waals surface area contributed by atoms with E-state index < -0.39 is 12.0 Å². The van der Waals surface area contributed by atoms with E-state index in [0.717, 1.165) is 17.0 Å². The second kappa shape index (κ2) is 9.47. The number of hydrogen-bond donors (Lipinski definition) is 1. The number of carbonyl (C=O) groups is 1. The van der Waals surface area contributed by atoms with Crippen molar-refractivity contribution in [3.63, 3.8) is 0 Å². The Morgan fingerprint density at radius 2 is 2.14 bits per heavy atom. The molecule has 0 saturated carbocycles. The van der Waals surface area contributed by atoms with Gasteiger partial charge in [0.15, 0.2) is 5.89 Å². The van der Waals surface area contributed by atoms with Gasteiger partial charge in [-0.15, -0.1) is 6.58 Å². The van der Waals surface area contributed by atoms with Gasteiger partial charge in [-0.05, 0) is 36.8 Å². The minimum Gasteiger partial charge on any atom is -0.493 e. The standard InChI is InChI=1S/C22H23ClN2O4/c1-3-5-21-24-18(15(2)29-21)11-13-28-17-9-7-16(8-10-17)14-19(22(26)27)25-12-4-6-20(25)23/h3-4,6-10,12,19H,1,5,11,13-14H2,2H3,(H,26,27). The van der Waals surface area contributed by atoms with Crippen molar-refractivity contribution in [3.8, 4) is 5.75 Å². The molecule has 6 nitrogen and oxygen atoms in total. The van der Waals surface area contributed by atoms with Crippen LogP contribution in [0.15, 0.2) is 59.7 Å². The zero-order valence-electron chi connectivity index (χ0n) is 16.2. The summed E-state index contributed by atoms with van der Waals surface area (Å²) in [6, 6.07) is 10.1. The van der Waals surface area contributed by atoms with Crippen LogP contribution in [0.4, 0.5) is 0 Å². The summed E-state index contributed by atoms with van der Waals surface area (Å²) in [4.78, 5) is 16.1. The molecule has 0 aliphatic carbocycles. The summed E-state index contributed by atoms with van der Waals surface area (Å²) in [5, 5.41) is 9.94. The normalized spacial score (nSPS) is 11.9. The van der Waals surface area contributed by atoms with E-state index in [9.17, 15) is 9.90 Å². The van der Waals surface area contributed by atoms with Gasteiger partial charge >= 0.3 is 5.97 Å². The maximum atomic E-state index is 11.6. The molecule has 3 rings (SSSR count). The number of oxazole rings is 1. The molecule has 1 atom stereocenters. The Balaban J connectivity index is 1.56. The number of aryl methyl sites for hydroxylation is 1. The van der Waals surface area contributed by atoms with E-state index >= 15 is 0 Å². The van der Waals surface area contributed by atoms with Crippen molar-refractivity contribution < 1.29 is 19.1 Å². The SMILES string of the molecule is C=CCc1nc(CCOc2ccc(CC(C(=O)O)n3cccc3Cl)cc2)c(C)o1. The molecule has 2 heterocycles. The lowest BCUT2D eigenvalue weighted by molar-refractivity contribution is -0.140. The first-order valence-electron chi connectivity index (χ1n) is 9.31. The third-order valence-electron chi connectivity index (χ3n) is 4.56. The molecule has 0 bridgehead atoms. The molecule has 2 aromatic heterocycles. The van der Waals surface area contributed by atoms with E-state index in [0.29, 0.717) is 42.7 Å². The number of carboxylic acid groups (broad SMARTS) is 1. The largest absolute Gasteiger partial charge is 0.493 e. The zero-order valence-corrected chi connectivity index (χ0v) is 16.9. The van der Waals surface area contributed by atoms with Crippen molar-refractivity contribution in [3.05, 3.63) is 83.3 Å². The van der Waals surface area contributed by atoms with Crippen LogP contribution in [-0.2, 0) is 24.1 Å². The number of halogens is 1. The fourth-order valence-corrected chi connectivity index (χ4v) is 3.32. The van der Waals surface area contributed by atoms with Gasteiger partial charge in [0.2, 0.25) is 0 Å². The Morgan fingerprint density at radius 3 is 2.76 bits per heavy atom. The summed E-state index contributed by atoms with van der Waals surface area (Å²) in [7, 11) is 0. The number of carboxylic acids is 1. The van der Waals surface area contributed by atoms with Crippen LogP contribution in [0.5, 0.6) is 5.75 Å². The van der Waals surface area contributed by atoms with E-state index in [1.807, 2.05) is 31.2 Å². The van der Waals surface area contributed by atoms with Crippen LogP contribution in [0.25, 0.3) is 0 Å². The average Bonchev–Trinajstić information content (AvgIpc) is 3.26. The maximum absolute atomic E-state index is 11.6. The minimum absolute atomic E-state index is 0.328. The van der Waals surface area contributed by atoms with Gasteiger partial charge in [0.05, 0.1) is 12.3 Å². The first-order chi connectivity index (χ1) is 14.0. The maximum Gasteiger partial charge on any atom is 0.327 e. The summed E-state index contributed by atoms with van der Waals surface area (Å²) < 4.78 is 12.9. The Labute approximate surface area is 174 Å². The van der Waals surface area contributed by atoms with Crippen LogP contribution in [0.3, 0.4) is 0 Å². The molecule has 0 spiro atoms. The van der Waals surface area contributed by atoms with Gasteiger partial charge in [-0.3, -0.25) is 0 Å². The van der Waals surface area contributed by atoms with E-state index in [4.69, 9.17) is 20.8 Å². The van der Waals surface area contributed by atoms with Crippen LogP contribution >= 0.6 is 11.6 Å². The van der Waals surface area contributed by atoms with Crippen LogP contribution in [0, 0.1) is 6.92 Å². The highest BCUT2D eigenvalue weighted by atomic mass is 35.5. The van der Waals surface area contributed by atoms with Gasteiger partial charge in [-0.1, -0.05) is 29.8 Å². The highest BCUT2D eigenvalue weighted by molar-refractivity contribution is 6.29. The molecule has 0 amide bonds. The molecular weight excluding hydrogens is 392 g/mol. The first-order valence-corrected chi connectivity index (χ1v) is 9.68. The highest BCUT2D eigenvalue weighted by Crippen LogP contribution is 2.22. The number of nitrogens with zero attached hydrogens (tertiary/aromatic N) is 2. The van der Waals surface area contributed by atoms with Gasteiger partial charge < -0.3 is 18.8 Å². The third-order valence-corrected chi connectivity index (χ3v) is 4.89. The lowest BCUT2D eigenvalue weighted by atomic mass is 10.1. The Hall–Kier alpha value is -2.99. The molecule has 7 heteroatoms. The third kappa shape index (κ3) is 5.29. The van der Waals surface area contributed by atoms with Crippen LogP contribution < -0.4 is 4.74 Å². The lowest BCUT2D eigenvalue weighted by Gasteiger charge is -2.16. The highest BCUT2D eigenvalue weighted by Gasteiger charge is 2.21. The fraction of sp³-hybridized carbons (Fsp3) is 0.273. The van der Waals surface area contributed by atoms with Crippen molar-refractivity contribution in [1.82, 2.24) is 9.55 Å². The Kier molecular flexibility index (Phi) is 6.77. The molecule has 1 N–H and O–H groups in total. The summed E-state index contributed by atoms with van der Waals surface area (Å²) >= 11 is 6.07. The molecule has 1 aromatic carbocycles. The minimum atomic E-state index is -0.928. The monoisotopic (exact) mass is 414 g/mol. The number of ether oxygens (including phenoxy) is 1. The molecule has 29 heavy (non-hydrogen) atoms. The van der Waals surface area contributed by atoms with Crippen LogP contribution in [0.1, 0.15) is 29.0 Å². The molecular formula is C22H23ClN2O4. The van der Waals surface area contributed by atoms with Gasteiger partial charge in [-0.25, -0.2) is 9.78 Å². The van der Waals surface area contributed by atoms with E-state index in [2.05, 4.69) is 11.6 Å². The second-order valence-corrected chi connectivity index (χ2v) is 7.03. The molecule has 0 aliphatic rings. The summed E-state index contributed by atoms with van der Waals surface area (Å²) in [6.07, 6.45) is 5.00. The molecule has 0 saturated heterocycles. The molecule has 0 radical (unpaired) electrons. The van der Waals surface area contributed by atoms with Crippen molar-refractivity contribution in [1.29, 1.82) is 0 Å². The number of aliphatic carboxylic acids is 1. The summed E-state index contributed by atoms with van der Waals surface area (Å²) in [5.74, 6) is 1.24. The van der Waals surface area contributed by atoms with Crippen LogP contribution in [0.2, 0.25) is 5.15 Å². The van der Waals surface area contributed by atoms with Gasteiger partial charge in [0.1, 0.15) is 22.7 Å². The molecule has 0 fully saturated rings. The van der Waals surface area contributed by atoms with Gasteiger partial charge in [0.25, 0.3) is 0 Å². The number of rotatable bonds is 10. The smallest absolute Gasteiger partial charge is 0.327 e. The van der Waals surface area contributed by atoms with Gasteiger partial charge in [-0.2, -0.15) is 0 Å². The Morgan fingerprint density at radius 1 is 1.38 bits per heavy atom. The number of allylic oxidation sites excluding steroid dienone is 1. The van der Waals surface area contributed by atoms with E-state index in [-0.39, 0.29) is 0 Å². The fourth-order valence-electron chi connectivity index (χ4n) is 3.07. The zero-order chi connectivity index (χ0) is 20.8. The van der Waals surface area contributed by atoms with E-state index in [1.54, 1.807) is 29.0 Å². The predicted molar refractivity (Wildman–Crippen MR) is 111 cm³/mol. The molecule has 0 aliphatic heterocycles. The summed E-state index contributed by atoms with van der Waals surface area (Å²) in [5.41, 5.74) is 1.77. The summed E-state index contributed by atoms with van der Waals surface area (Å²) in [6.45, 7) is 6.04. The van der Waals surface area contributed by atoms with Crippen molar-refractivity contribution in [2.75, 3.05) is 6.61 Å². The van der Waals surface area contributed by atoms with Gasteiger partial charge in [0, 0.05) is 25.5 Å². The van der Waals surface area contributed by atoms with E-state index in [1.165, 1.54) is 0 Å².